The summed E-state index contributed by atoms with van der Waals surface area (Å²) in [5, 5.41) is 2.27. The number of carbonyl (C=O) groups excluding carboxylic acids is 1. The number of rotatable bonds is 4. The zero-order valence-electron chi connectivity index (χ0n) is 11.3. The number of hydrogen-bond donors (Lipinski definition) is 2. The maximum Gasteiger partial charge on any atom is 0.239 e. The molecule has 0 atom stereocenters. The van der Waals surface area contributed by atoms with Gasteiger partial charge in [-0.05, 0) is 31.0 Å². The molecule has 1 fully saturated rings. The van der Waals surface area contributed by atoms with Gasteiger partial charge in [-0.25, -0.2) is 8.42 Å². The predicted octanol–water partition coefficient (Wildman–Crippen LogP) is 1.45. The molecule has 3 N–H and O–H groups in total. The Labute approximate surface area is 128 Å². The van der Waals surface area contributed by atoms with Crippen molar-refractivity contribution in [1.29, 1.82) is 0 Å². The molecule has 0 spiro atoms. The van der Waals surface area contributed by atoms with E-state index in [0.29, 0.717) is 42.5 Å². The number of nitrogens with two attached hydrogens (primary N) is 1. The predicted molar refractivity (Wildman–Crippen MR) is 82.1 cm³/mol. The Morgan fingerprint density at radius 1 is 1.38 bits per heavy atom. The van der Waals surface area contributed by atoms with Crippen LogP contribution >= 0.6 is 11.6 Å². The zero-order chi connectivity index (χ0) is 15.5. The molecule has 116 valence electrons. The normalized spacial score (nSPS) is 16.6. The van der Waals surface area contributed by atoms with Crippen LogP contribution in [0.5, 0.6) is 0 Å². The number of nitrogen functional groups attached to an aromatic ring is 1. The average molecular weight is 333 g/mol. The highest BCUT2D eigenvalue weighted by atomic mass is 35.5. The van der Waals surface area contributed by atoms with Crippen LogP contribution in [0, 0.1) is 0 Å². The van der Waals surface area contributed by atoms with Crippen LogP contribution < -0.4 is 11.1 Å². The van der Waals surface area contributed by atoms with Crippen LogP contribution in [0.4, 0.5) is 11.4 Å². The average Bonchev–Trinajstić information content (AvgIpc) is 2.43. The second-order valence-electron chi connectivity index (χ2n) is 4.91. The standard InChI is InChI=1S/C13H17ClN2O4S/c14-11-2-1-9(15)7-12(11)16-13(17)8-21(18,19)10-3-5-20-6-4-10/h1-2,7,10H,3-6,8,15H2,(H,16,17). The first-order valence-corrected chi connectivity index (χ1v) is 8.62. The first-order valence-electron chi connectivity index (χ1n) is 6.52. The summed E-state index contributed by atoms with van der Waals surface area (Å²) >= 11 is 5.92. The molecule has 0 unspecified atom stereocenters. The Kier molecular flexibility index (Phi) is 5.08. The number of sulfone groups is 1. The molecule has 1 amide bonds. The summed E-state index contributed by atoms with van der Waals surface area (Å²) in [6.45, 7) is 0.819. The van der Waals surface area contributed by atoms with E-state index in [-0.39, 0.29) is 0 Å². The molecule has 1 aliphatic heterocycles. The van der Waals surface area contributed by atoms with Crippen LogP contribution in [0.2, 0.25) is 5.02 Å². The molecule has 0 aliphatic carbocycles. The van der Waals surface area contributed by atoms with Gasteiger partial charge in [-0.2, -0.15) is 0 Å². The maximum atomic E-state index is 12.2. The highest BCUT2D eigenvalue weighted by Gasteiger charge is 2.29. The fourth-order valence-electron chi connectivity index (χ4n) is 2.16. The van der Waals surface area contributed by atoms with Crippen molar-refractivity contribution in [1.82, 2.24) is 0 Å². The molecule has 6 nitrogen and oxygen atoms in total. The fourth-order valence-corrected chi connectivity index (χ4v) is 3.91. The quantitative estimate of drug-likeness (QED) is 0.813. The molecule has 21 heavy (non-hydrogen) atoms. The van der Waals surface area contributed by atoms with E-state index >= 15 is 0 Å². The van der Waals surface area contributed by atoms with Crippen LogP contribution in [-0.4, -0.2) is 38.5 Å². The van der Waals surface area contributed by atoms with Crippen LogP contribution in [0.25, 0.3) is 0 Å². The summed E-state index contributed by atoms with van der Waals surface area (Å²) in [7, 11) is -3.49. The van der Waals surface area contributed by atoms with Crippen molar-refractivity contribution in [3.8, 4) is 0 Å². The molecule has 0 radical (unpaired) electrons. The van der Waals surface area contributed by atoms with Gasteiger partial charge in [-0.1, -0.05) is 11.6 Å². The summed E-state index contributed by atoms with van der Waals surface area (Å²) in [6, 6.07) is 4.62. The van der Waals surface area contributed by atoms with E-state index in [2.05, 4.69) is 5.32 Å². The molecule has 8 heteroatoms. The van der Waals surface area contributed by atoms with Crippen LogP contribution in [-0.2, 0) is 19.4 Å². The highest BCUT2D eigenvalue weighted by Crippen LogP contribution is 2.24. The smallest absolute Gasteiger partial charge is 0.239 e. The van der Waals surface area contributed by atoms with E-state index in [4.69, 9.17) is 22.1 Å². The molecular formula is C13H17ClN2O4S. The van der Waals surface area contributed by atoms with Gasteiger partial charge in [0.15, 0.2) is 9.84 Å². The molecule has 1 aromatic carbocycles. The van der Waals surface area contributed by atoms with E-state index in [0.717, 1.165) is 0 Å². The second kappa shape index (κ2) is 6.64. The molecule has 0 saturated carbocycles. The molecular weight excluding hydrogens is 316 g/mol. The summed E-state index contributed by atoms with van der Waals surface area (Å²) in [5.41, 5.74) is 6.35. The van der Waals surface area contributed by atoms with Gasteiger partial charge in [0.1, 0.15) is 5.75 Å². The second-order valence-corrected chi connectivity index (χ2v) is 7.59. The first kappa shape index (κ1) is 16.1. The van der Waals surface area contributed by atoms with Crippen LogP contribution in [0.3, 0.4) is 0 Å². The third-order valence-corrected chi connectivity index (χ3v) is 5.75. The molecule has 0 bridgehead atoms. The molecule has 1 saturated heterocycles. The fraction of sp³-hybridized carbons (Fsp3) is 0.462. The summed E-state index contributed by atoms with van der Waals surface area (Å²) in [5.74, 6) is -1.18. The van der Waals surface area contributed by atoms with Crippen molar-refractivity contribution in [2.75, 3.05) is 30.0 Å². The van der Waals surface area contributed by atoms with Gasteiger partial charge < -0.3 is 15.8 Å². The lowest BCUT2D eigenvalue weighted by molar-refractivity contribution is -0.113. The summed E-state index contributed by atoms with van der Waals surface area (Å²) < 4.78 is 29.5. The minimum Gasteiger partial charge on any atom is -0.399 e. The zero-order valence-corrected chi connectivity index (χ0v) is 12.9. The number of hydrogen-bond acceptors (Lipinski definition) is 5. The largest absolute Gasteiger partial charge is 0.399 e. The Morgan fingerprint density at radius 3 is 2.71 bits per heavy atom. The van der Waals surface area contributed by atoms with E-state index in [9.17, 15) is 13.2 Å². The Balaban J connectivity index is 2.02. The number of benzene rings is 1. The third-order valence-electron chi connectivity index (χ3n) is 3.27. The van der Waals surface area contributed by atoms with E-state index < -0.39 is 26.7 Å². The topological polar surface area (TPSA) is 98.5 Å². The van der Waals surface area contributed by atoms with E-state index in [1.807, 2.05) is 0 Å². The SMILES string of the molecule is Nc1ccc(Cl)c(NC(=O)CS(=O)(=O)C2CCOCC2)c1. The van der Waals surface area contributed by atoms with Gasteiger partial charge in [0, 0.05) is 18.9 Å². The minimum atomic E-state index is -3.49. The van der Waals surface area contributed by atoms with Crippen LogP contribution in [0.1, 0.15) is 12.8 Å². The van der Waals surface area contributed by atoms with Gasteiger partial charge >= 0.3 is 0 Å². The van der Waals surface area contributed by atoms with Gasteiger partial charge in [0.05, 0.1) is 16.0 Å². The van der Waals surface area contributed by atoms with Gasteiger partial charge in [0.25, 0.3) is 0 Å². The Bertz CT molecular complexity index is 627. The lowest BCUT2D eigenvalue weighted by atomic mass is 10.2. The van der Waals surface area contributed by atoms with Crippen molar-refractivity contribution >= 4 is 38.7 Å². The van der Waals surface area contributed by atoms with Gasteiger partial charge in [-0.3, -0.25) is 4.79 Å². The van der Waals surface area contributed by atoms with Crippen molar-refractivity contribution in [2.45, 2.75) is 18.1 Å². The molecule has 1 heterocycles. The monoisotopic (exact) mass is 332 g/mol. The van der Waals surface area contributed by atoms with E-state index in [1.54, 1.807) is 12.1 Å². The summed E-state index contributed by atoms with van der Waals surface area (Å²) in [6.07, 6.45) is 0.851. The number of ether oxygens (including phenoxy) is 1. The van der Waals surface area contributed by atoms with Crippen molar-refractivity contribution in [2.24, 2.45) is 0 Å². The Morgan fingerprint density at radius 2 is 2.05 bits per heavy atom. The molecule has 1 aromatic rings. The first-order chi connectivity index (χ1) is 9.88. The number of halogens is 1. The summed E-state index contributed by atoms with van der Waals surface area (Å²) in [4.78, 5) is 11.9. The van der Waals surface area contributed by atoms with Gasteiger partial charge in [0.2, 0.25) is 5.91 Å². The van der Waals surface area contributed by atoms with Gasteiger partial charge in [-0.15, -0.1) is 0 Å². The van der Waals surface area contributed by atoms with Crippen molar-refractivity contribution in [3.63, 3.8) is 0 Å². The van der Waals surface area contributed by atoms with Crippen LogP contribution in [0.15, 0.2) is 18.2 Å². The Hall–Kier alpha value is -1.31. The van der Waals surface area contributed by atoms with Crippen molar-refractivity contribution in [3.05, 3.63) is 23.2 Å². The molecule has 0 aromatic heterocycles. The number of anilines is 2. The molecule has 2 rings (SSSR count). The number of amides is 1. The number of carbonyl (C=O) groups is 1. The maximum absolute atomic E-state index is 12.2. The molecule has 1 aliphatic rings. The minimum absolute atomic E-state index is 0.306. The lowest BCUT2D eigenvalue weighted by Crippen LogP contribution is -2.34. The highest BCUT2D eigenvalue weighted by molar-refractivity contribution is 7.92. The van der Waals surface area contributed by atoms with E-state index in [1.165, 1.54) is 6.07 Å². The lowest BCUT2D eigenvalue weighted by Gasteiger charge is -2.21. The van der Waals surface area contributed by atoms with Crippen molar-refractivity contribution < 1.29 is 17.9 Å². The third kappa shape index (κ3) is 4.33. The number of nitrogens with one attached hydrogen (secondary N) is 1.